The van der Waals surface area contributed by atoms with Crippen LogP contribution < -0.4 is 10.5 Å². The second kappa shape index (κ2) is 4.59. The summed E-state index contributed by atoms with van der Waals surface area (Å²) in [7, 11) is 0. The highest BCUT2D eigenvalue weighted by Gasteiger charge is 2.58. The molecule has 0 saturated heterocycles. The molecule has 0 fully saturated rings. The van der Waals surface area contributed by atoms with Crippen LogP contribution in [0.3, 0.4) is 0 Å². The van der Waals surface area contributed by atoms with Gasteiger partial charge in [0.05, 0.1) is 10.7 Å². The molecule has 0 radical (unpaired) electrons. The minimum atomic E-state index is -5.68. The lowest BCUT2D eigenvalue weighted by Crippen LogP contribution is -2.41. The first-order valence-corrected chi connectivity index (χ1v) is 4.78. The van der Waals surface area contributed by atoms with E-state index in [1.165, 1.54) is 0 Å². The van der Waals surface area contributed by atoms with E-state index >= 15 is 0 Å². The maximum atomic E-state index is 12.5. The van der Waals surface area contributed by atoms with Gasteiger partial charge in [-0.1, -0.05) is 0 Å². The van der Waals surface area contributed by atoms with E-state index in [0.717, 1.165) is 6.20 Å². The minimum Gasteiger partial charge on any atom is -0.470 e. The van der Waals surface area contributed by atoms with Crippen LogP contribution in [0.5, 0.6) is 5.88 Å². The monoisotopic (exact) mass is 321 g/mol. The maximum Gasteiger partial charge on any atom is 0.456 e. The third kappa shape index (κ3) is 3.38. The van der Waals surface area contributed by atoms with Crippen molar-refractivity contribution in [3.05, 3.63) is 10.7 Å². The molecule has 0 aromatic carbocycles. The molecule has 96 valence electrons. The van der Waals surface area contributed by atoms with Crippen LogP contribution in [0.15, 0.2) is 10.7 Å². The topological polar surface area (TPSA) is 61.0 Å². The second-order valence-electron chi connectivity index (χ2n) is 2.87. The van der Waals surface area contributed by atoms with Crippen molar-refractivity contribution >= 4 is 21.9 Å². The Balaban J connectivity index is 2.77. The number of ether oxygens (including phenoxy) is 1. The van der Waals surface area contributed by atoms with Crippen molar-refractivity contribution in [3.8, 4) is 5.88 Å². The number of nitrogens with zero attached hydrogens (tertiary/aromatic N) is 2. The normalized spacial score (nSPS) is 12.6. The number of halogens is 6. The lowest BCUT2D eigenvalue weighted by atomic mass is 10.3. The zero-order valence-corrected chi connectivity index (χ0v) is 9.52. The SMILES string of the molecule is Nc1ncc(Br)c(OCC(F)(F)C(F)(F)F)n1. The summed E-state index contributed by atoms with van der Waals surface area (Å²) in [5, 5.41) is 0. The molecule has 0 aliphatic heterocycles. The molecule has 0 aliphatic carbocycles. The smallest absolute Gasteiger partial charge is 0.456 e. The summed E-state index contributed by atoms with van der Waals surface area (Å²) in [6.45, 7) is -1.88. The van der Waals surface area contributed by atoms with Crippen LogP contribution in [0.2, 0.25) is 0 Å². The Hall–Kier alpha value is -1.19. The lowest BCUT2D eigenvalue weighted by molar-refractivity contribution is -0.290. The number of alkyl halides is 5. The molecule has 0 atom stereocenters. The quantitative estimate of drug-likeness (QED) is 0.868. The highest BCUT2D eigenvalue weighted by atomic mass is 79.9. The Bertz CT molecular complexity index is 411. The van der Waals surface area contributed by atoms with E-state index in [-0.39, 0.29) is 10.4 Å². The van der Waals surface area contributed by atoms with Gasteiger partial charge in [-0.2, -0.15) is 26.9 Å². The van der Waals surface area contributed by atoms with Gasteiger partial charge in [-0.15, -0.1) is 0 Å². The Morgan fingerprint density at radius 1 is 1.29 bits per heavy atom. The van der Waals surface area contributed by atoms with E-state index in [2.05, 4.69) is 30.6 Å². The predicted octanol–water partition coefficient (Wildman–Crippen LogP) is 2.40. The summed E-state index contributed by atoms with van der Waals surface area (Å²) >= 11 is 2.82. The molecule has 4 nitrogen and oxygen atoms in total. The number of hydrogen-bond acceptors (Lipinski definition) is 4. The van der Waals surface area contributed by atoms with Crippen molar-refractivity contribution in [1.29, 1.82) is 0 Å². The molecule has 1 rings (SSSR count). The molecule has 1 heterocycles. The van der Waals surface area contributed by atoms with E-state index in [4.69, 9.17) is 5.73 Å². The summed E-state index contributed by atoms with van der Waals surface area (Å²) in [6, 6.07) is 0. The molecule has 17 heavy (non-hydrogen) atoms. The fourth-order valence-electron chi connectivity index (χ4n) is 0.706. The van der Waals surface area contributed by atoms with E-state index < -0.39 is 24.6 Å². The summed E-state index contributed by atoms with van der Waals surface area (Å²) in [5.41, 5.74) is 5.12. The van der Waals surface area contributed by atoms with E-state index in [1.54, 1.807) is 0 Å². The molecule has 0 unspecified atom stereocenters. The van der Waals surface area contributed by atoms with Crippen molar-refractivity contribution in [1.82, 2.24) is 9.97 Å². The van der Waals surface area contributed by atoms with E-state index in [1.807, 2.05) is 0 Å². The fraction of sp³-hybridized carbons (Fsp3) is 0.429. The van der Waals surface area contributed by atoms with Crippen LogP contribution in [0.1, 0.15) is 0 Å². The van der Waals surface area contributed by atoms with Crippen LogP contribution >= 0.6 is 15.9 Å². The second-order valence-corrected chi connectivity index (χ2v) is 3.73. The van der Waals surface area contributed by atoms with Gasteiger partial charge < -0.3 is 10.5 Å². The Morgan fingerprint density at radius 2 is 1.88 bits per heavy atom. The fourth-order valence-corrected chi connectivity index (χ4v) is 1.01. The largest absolute Gasteiger partial charge is 0.470 e. The molecule has 0 aliphatic rings. The maximum absolute atomic E-state index is 12.5. The van der Waals surface area contributed by atoms with Gasteiger partial charge in [-0.25, -0.2) is 4.98 Å². The first-order chi connectivity index (χ1) is 7.63. The molecule has 10 heteroatoms. The van der Waals surface area contributed by atoms with E-state index in [0.29, 0.717) is 0 Å². The molecule has 1 aromatic rings. The predicted molar refractivity (Wildman–Crippen MR) is 50.6 cm³/mol. The Kier molecular flexibility index (Phi) is 3.74. The number of rotatable bonds is 3. The molecule has 1 aromatic heterocycles. The average molecular weight is 322 g/mol. The van der Waals surface area contributed by atoms with Gasteiger partial charge in [0.15, 0.2) is 6.61 Å². The third-order valence-corrected chi connectivity index (χ3v) is 2.08. The summed E-state index contributed by atoms with van der Waals surface area (Å²) in [5.74, 6) is -5.76. The molecule has 0 amide bonds. The van der Waals surface area contributed by atoms with Gasteiger partial charge >= 0.3 is 12.1 Å². The van der Waals surface area contributed by atoms with Crippen molar-refractivity contribution in [2.75, 3.05) is 12.3 Å². The minimum absolute atomic E-state index is 0.0182. The lowest BCUT2D eigenvalue weighted by Gasteiger charge is -2.19. The molecule has 0 spiro atoms. The van der Waals surface area contributed by atoms with Gasteiger partial charge in [0.1, 0.15) is 0 Å². The highest BCUT2D eigenvalue weighted by Crippen LogP contribution is 2.36. The molecular formula is C7H5BrF5N3O. The summed E-state index contributed by atoms with van der Waals surface area (Å²) in [4.78, 5) is 6.82. The van der Waals surface area contributed by atoms with Crippen LogP contribution in [-0.4, -0.2) is 28.7 Å². The first-order valence-electron chi connectivity index (χ1n) is 3.99. The Morgan fingerprint density at radius 3 is 2.41 bits per heavy atom. The standard InChI is InChI=1S/C7H5BrF5N3O/c8-3-1-15-5(14)16-4(3)17-2-6(9,10)7(11,12)13/h1H,2H2,(H2,14,15,16). The van der Waals surface area contributed by atoms with E-state index in [9.17, 15) is 22.0 Å². The van der Waals surface area contributed by atoms with Crippen molar-refractivity contribution in [3.63, 3.8) is 0 Å². The van der Waals surface area contributed by atoms with Crippen molar-refractivity contribution in [2.45, 2.75) is 12.1 Å². The van der Waals surface area contributed by atoms with Gasteiger partial charge in [0.25, 0.3) is 0 Å². The third-order valence-electron chi connectivity index (χ3n) is 1.54. The van der Waals surface area contributed by atoms with Crippen LogP contribution in [0.25, 0.3) is 0 Å². The van der Waals surface area contributed by atoms with Crippen molar-refractivity contribution in [2.24, 2.45) is 0 Å². The Labute approximate surface area is 100 Å². The average Bonchev–Trinajstić information content (AvgIpc) is 2.18. The summed E-state index contributed by atoms with van der Waals surface area (Å²) in [6.07, 6.45) is -4.61. The number of aromatic nitrogens is 2. The molecule has 0 saturated carbocycles. The number of hydrogen-bond donors (Lipinski definition) is 1. The van der Waals surface area contributed by atoms with Gasteiger partial charge in [-0.05, 0) is 15.9 Å². The molecule has 2 N–H and O–H groups in total. The van der Waals surface area contributed by atoms with Crippen LogP contribution in [0.4, 0.5) is 27.9 Å². The zero-order chi connectivity index (χ0) is 13.3. The zero-order valence-electron chi connectivity index (χ0n) is 7.93. The highest BCUT2D eigenvalue weighted by molar-refractivity contribution is 9.10. The van der Waals surface area contributed by atoms with Gasteiger partial charge in [0, 0.05) is 0 Å². The molecule has 0 bridgehead atoms. The van der Waals surface area contributed by atoms with Gasteiger partial charge in [0.2, 0.25) is 11.8 Å². The van der Waals surface area contributed by atoms with Crippen LogP contribution in [0, 0.1) is 0 Å². The number of nitrogens with two attached hydrogens (primary N) is 1. The molecular weight excluding hydrogens is 317 g/mol. The van der Waals surface area contributed by atoms with Crippen molar-refractivity contribution < 1.29 is 26.7 Å². The first kappa shape index (κ1) is 13.9. The van der Waals surface area contributed by atoms with Crippen LogP contribution in [-0.2, 0) is 0 Å². The van der Waals surface area contributed by atoms with Gasteiger partial charge in [-0.3, -0.25) is 0 Å². The number of nitrogen functional groups attached to an aromatic ring is 1. The number of anilines is 1. The summed E-state index contributed by atoms with van der Waals surface area (Å²) < 4.78 is 64.7.